The second-order valence-corrected chi connectivity index (χ2v) is 7.12. The van der Waals surface area contributed by atoms with Gasteiger partial charge >= 0.3 is 6.09 Å². The van der Waals surface area contributed by atoms with Crippen LogP contribution < -0.4 is 0 Å². The molecule has 0 aliphatic carbocycles. The Kier molecular flexibility index (Phi) is 5.42. The number of rotatable bonds is 2. The Labute approximate surface area is 130 Å². The summed E-state index contributed by atoms with van der Waals surface area (Å²) in [6.07, 6.45) is 0.894. The quantitative estimate of drug-likeness (QED) is 0.813. The summed E-state index contributed by atoms with van der Waals surface area (Å²) in [7, 11) is 1.38. The molecule has 1 saturated heterocycles. The lowest BCUT2D eigenvalue weighted by molar-refractivity contribution is -0.130. The number of hydrogen-bond donors (Lipinski definition) is 0. The fourth-order valence-corrected chi connectivity index (χ4v) is 3.66. The number of nitrogens with zero attached hydrogens (tertiary/aromatic N) is 2. The molecule has 0 unspecified atom stereocenters. The fraction of sp³-hybridized carbons (Fsp3) is 0.538. The molecule has 0 atom stereocenters. The van der Waals surface area contributed by atoms with Crippen molar-refractivity contribution in [2.75, 3.05) is 33.3 Å². The summed E-state index contributed by atoms with van der Waals surface area (Å²) in [6.45, 7) is 2.44. The molecule has 0 N–H and O–H groups in total. The van der Waals surface area contributed by atoms with Crippen LogP contribution in [-0.2, 0) is 16.0 Å². The van der Waals surface area contributed by atoms with Crippen molar-refractivity contribution in [1.29, 1.82) is 0 Å². The van der Waals surface area contributed by atoms with Gasteiger partial charge in [-0.25, -0.2) is 4.79 Å². The number of ether oxygens (including phenoxy) is 1. The lowest BCUT2D eigenvalue weighted by Gasteiger charge is -2.21. The van der Waals surface area contributed by atoms with Gasteiger partial charge in [-0.15, -0.1) is 11.3 Å². The van der Waals surface area contributed by atoms with Crippen LogP contribution in [-0.4, -0.2) is 55.1 Å². The first kappa shape index (κ1) is 15.3. The summed E-state index contributed by atoms with van der Waals surface area (Å²) in [6, 6.07) is 3.92. The van der Waals surface area contributed by atoms with Crippen molar-refractivity contribution < 1.29 is 14.3 Å². The van der Waals surface area contributed by atoms with E-state index in [4.69, 9.17) is 4.74 Å². The number of carbonyl (C=O) groups is 2. The molecule has 1 aromatic heterocycles. The number of thiophene rings is 1. The summed E-state index contributed by atoms with van der Waals surface area (Å²) in [5.41, 5.74) is 0. The lowest BCUT2D eigenvalue weighted by atomic mass is 10.3. The highest BCUT2D eigenvalue weighted by Crippen LogP contribution is 2.23. The van der Waals surface area contributed by atoms with E-state index < -0.39 is 0 Å². The maximum Gasteiger partial charge on any atom is 0.409 e. The third kappa shape index (κ3) is 3.96. The molecule has 5 nitrogen and oxygen atoms in total. The van der Waals surface area contributed by atoms with Gasteiger partial charge in [0.15, 0.2) is 0 Å². The highest BCUT2D eigenvalue weighted by atomic mass is 79.9. The van der Waals surface area contributed by atoms with Crippen molar-refractivity contribution in [2.24, 2.45) is 0 Å². The van der Waals surface area contributed by atoms with E-state index in [1.165, 1.54) is 7.11 Å². The maximum absolute atomic E-state index is 12.3. The van der Waals surface area contributed by atoms with Crippen molar-refractivity contribution in [1.82, 2.24) is 9.80 Å². The monoisotopic (exact) mass is 360 g/mol. The zero-order valence-electron chi connectivity index (χ0n) is 11.3. The second kappa shape index (κ2) is 7.08. The van der Waals surface area contributed by atoms with Crippen molar-refractivity contribution in [2.45, 2.75) is 12.8 Å². The molecule has 1 aliphatic rings. The van der Waals surface area contributed by atoms with Crippen LogP contribution in [0.25, 0.3) is 0 Å². The van der Waals surface area contributed by atoms with Gasteiger partial charge in [0, 0.05) is 31.1 Å². The predicted molar refractivity (Wildman–Crippen MR) is 80.9 cm³/mol. The van der Waals surface area contributed by atoms with E-state index in [-0.39, 0.29) is 12.0 Å². The highest BCUT2D eigenvalue weighted by Gasteiger charge is 2.22. The minimum Gasteiger partial charge on any atom is -0.453 e. The number of methoxy groups -OCH3 is 1. The molecule has 0 bridgehead atoms. The van der Waals surface area contributed by atoms with Gasteiger partial charge in [-0.3, -0.25) is 4.79 Å². The summed E-state index contributed by atoms with van der Waals surface area (Å²) < 4.78 is 5.75. The van der Waals surface area contributed by atoms with Crippen molar-refractivity contribution in [3.63, 3.8) is 0 Å². The van der Waals surface area contributed by atoms with E-state index in [2.05, 4.69) is 15.9 Å². The first-order valence-electron chi connectivity index (χ1n) is 6.45. The second-order valence-electron chi connectivity index (χ2n) is 4.57. The molecule has 1 aromatic rings. The molecule has 0 spiro atoms. The lowest BCUT2D eigenvalue weighted by Crippen LogP contribution is -2.37. The van der Waals surface area contributed by atoms with Crippen LogP contribution >= 0.6 is 27.3 Å². The number of hydrogen-bond acceptors (Lipinski definition) is 4. The van der Waals surface area contributed by atoms with E-state index in [0.29, 0.717) is 32.6 Å². The topological polar surface area (TPSA) is 49.9 Å². The predicted octanol–water partition coefficient (Wildman–Crippen LogP) is 2.35. The third-order valence-corrected chi connectivity index (χ3v) is 4.86. The summed E-state index contributed by atoms with van der Waals surface area (Å²) in [4.78, 5) is 28.3. The standard InChI is InChI=1S/C13H17BrN2O3S/c1-19-13(18)16-6-2-5-15(7-8-16)12(17)9-10-3-4-11(14)20-10/h3-4H,2,5-9H2,1H3. The van der Waals surface area contributed by atoms with E-state index in [9.17, 15) is 9.59 Å². The van der Waals surface area contributed by atoms with Gasteiger partial charge in [-0.2, -0.15) is 0 Å². The van der Waals surface area contributed by atoms with E-state index in [1.54, 1.807) is 16.2 Å². The minimum atomic E-state index is -0.318. The van der Waals surface area contributed by atoms with E-state index in [1.807, 2.05) is 17.0 Å². The van der Waals surface area contributed by atoms with Crippen LogP contribution in [0.1, 0.15) is 11.3 Å². The van der Waals surface area contributed by atoms with Gasteiger partial charge in [-0.05, 0) is 34.5 Å². The molecule has 1 fully saturated rings. The summed E-state index contributed by atoms with van der Waals surface area (Å²) in [5, 5.41) is 0. The SMILES string of the molecule is COC(=O)N1CCCN(C(=O)Cc2ccc(Br)s2)CC1. The maximum atomic E-state index is 12.3. The molecule has 2 heterocycles. The molecule has 2 rings (SSSR count). The largest absolute Gasteiger partial charge is 0.453 e. The molecular formula is C13H17BrN2O3S. The molecule has 0 radical (unpaired) electrons. The van der Waals surface area contributed by atoms with Gasteiger partial charge in [0.2, 0.25) is 5.91 Å². The van der Waals surface area contributed by atoms with E-state index in [0.717, 1.165) is 15.1 Å². The molecule has 110 valence electrons. The Morgan fingerprint density at radius 3 is 2.60 bits per heavy atom. The Balaban J connectivity index is 1.89. The number of amides is 2. The zero-order chi connectivity index (χ0) is 14.5. The van der Waals surface area contributed by atoms with Crippen LogP contribution in [0.3, 0.4) is 0 Å². The molecule has 7 heteroatoms. The third-order valence-electron chi connectivity index (χ3n) is 3.24. The van der Waals surface area contributed by atoms with E-state index >= 15 is 0 Å². The Morgan fingerprint density at radius 1 is 1.25 bits per heavy atom. The number of carbonyl (C=O) groups excluding carboxylic acids is 2. The van der Waals surface area contributed by atoms with Gasteiger partial charge in [0.05, 0.1) is 17.3 Å². The molecule has 0 saturated carbocycles. The van der Waals surface area contributed by atoms with Crippen molar-refractivity contribution in [3.05, 3.63) is 20.8 Å². The van der Waals surface area contributed by atoms with Gasteiger partial charge < -0.3 is 14.5 Å². The van der Waals surface area contributed by atoms with Crippen LogP contribution in [0.15, 0.2) is 15.9 Å². The van der Waals surface area contributed by atoms with Crippen LogP contribution in [0.5, 0.6) is 0 Å². The fourth-order valence-electron chi connectivity index (χ4n) is 2.19. The molecule has 1 aliphatic heterocycles. The van der Waals surface area contributed by atoms with Gasteiger partial charge in [0.1, 0.15) is 0 Å². The molecule has 20 heavy (non-hydrogen) atoms. The summed E-state index contributed by atoms with van der Waals surface area (Å²) in [5.74, 6) is 0.117. The average molecular weight is 361 g/mol. The Hall–Kier alpha value is -1.08. The average Bonchev–Trinajstić information content (AvgIpc) is 2.70. The van der Waals surface area contributed by atoms with Gasteiger partial charge in [0.25, 0.3) is 0 Å². The molecule has 0 aromatic carbocycles. The van der Waals surface area contributed by atoms with Crippen LogP contribution in [0.2, 0.25) is 0 Å². The Morgan fingerprint density at radius 2 is 1.95 bits per heavy atom. The zero-order valence-corrected chi connectivity index (χ0v) is 13.7. The molecular weight excluding hydrogens is 344 g/mol. The first-order valence-corrected chi connectivity index (χ1v) is 8.06. The van der Waals surface area contributed by atoms with Crippen molar-refractivity contribution in [3.8, 4) is 0 Å². The smallest absolute Gasteiger partial charge is 0.409 e. The first-order chi connectivity index (χ1) is 9.60. The normalized spacial score (nSPS) is 15.9. The highest BCUT2D eigenvalue weighted by molar-refractivity contribution is 9.11. The summed E-state index contributed by atoms with van der Waals surface area (Å²) >= 11 is 4.98. The van der Waals surface area contributed by atoms with Gasteiger partial charge in [-0.1, -0.05) is 0 Å². The Bertz CT molecular complexity index is 492. The van der Waals surface area contributed by atoms with Crippen LogP contribution in [0.4, 0.5) is 4.79 Å². The number of halogens is 1. The van der Waals surface area contributed by atoms with Crippen LogP contribution in [0, 0.1) is 0 Å². The molecule has 2 amide bonds. The minimum absolute atomic E-state index is 0.117. The van der Waals surface area contributed by atoms with Crippen molar-refractivity contribution >= 4 is 39.3 Å².